The van der Waals surface area contributed by atoms with E-state index in [1.165, 1.54) is 25.0 Å². The van der Waals surface area contributed by atoms with Crippen LogP contribution in [0.15, 0.2) is 35.2 Å². The number of rotatable bonds is 7. The lowest BCUT2D eigenvalue weighted by Gasteiger charge is -2.24. The van der Waals surface area contributed by atoms with E-state index in [-0.39, 0.29) is 34.8 Å². The predicted molar refractivity (Wildman–Crippen MR) is 98.2 cm³/mol. The third-order valence-electron chi connectivity index (χ3n) is 5.29. The minimum absolute atomic E-state index is 0.0652. The van der Waals surface area contributed by atoms with Crippen LogP contribution >= 0.6 is 0 Å². The molecule has 1 saturated heterocycles. The zero-order valence-electron chi connectivity index (χ0n) is 14.9. The highest BCUT2D eigenvalue weighted by atomic mass is 32.2. The van der Waals surface area contributed by atoms with Crippen molar-refractivity contribution in [1.29, 1.82) is 0 Å². The highest BCUT2D eigenvalue weighted by Gasteiger charge is 2.35. The lowest BCUT2D eigenvalue weighted by molar-refractivity contribution is -0.129. The van der Waals surface area contributed by atoms with Crippen molar-refractivity contribution in [3.63, 3.8) is 0 Å². The van der Waals surface area contributed by atoms with Gasteiger partial charge in [0.2, 0.25) is 11.8 Å². The van der Waals surface area contributed by atoms with Crippen molar-refractivity contribution in [3.8, 4) is 0 Å². The Kier molecular flexibility index (Phi) is 5.96. The fourth-order valence-corrected chi connectivity index (χ4v) is 5.10. The summed E-state index contributed by atoms with van der Waals surface area (Å²) in [5.74, 6) is -0.183. The summed E-state index contributed by atoms with van der Waals surface area (Å²) in [6, 6.07) is 8.53. The van der Waals surface area contributed by atoms with Crippen molar-refractivity contribution in [3.05, 3.63) is 30.3 Å². The van der Waals surface area contributed by atoms with E-state index in [9.17, 15) is 18.0 Å². The molecule has 142 valence electrons. The maximum atomic E-state index is 12.2. The third-order valence-corrected chi connectivity index (χ3v) is 7.02. The van der Waals surface area contributed by atoms with Crippen LogP contribution < -0.4 is 5.32 Å². The lowest BCUT2D eigenvalue weighted by atomic mass is 10.1. The van der Waals surface area contributed by atoms with Crippen LogP contribution in [0.5, 0.6) is 0 Å². The van der Waals surface area contributed by atoms with Crippen LogP contribution in [0.2, 0.25) is 0 Å². The molecule has 26 heavy (non-hydrogen) atoms. The van der Waals surface area contributed by atoms with E-state index in [0.717, 1.165) is 12.8 Å². The van der Waals surface area contributed by atoms with Crippen LogP contribution in [0.4, 0.5) is 0 Å². The number of sulfone groups is 1. The Hall–Kier alpha value is -1.89. The minimum Gasteiger partial charge on any atom is -0.356 e. The van der Waals surface area contributed by atoms with Gasteiger partial charge >= 0.3 is 0 Å². The molecule has 1 saturated carbocycles. The molecule has 2 aliphatic rings. The van der Waals surface area contributed by atoms with Gasteiger partial charge in [0.05, 0.1) is 10.6 Å². The molecule has 0 aromatic heterocycles. The molecular formula is C19H26N2O4S. The van der Waals surface area contributed by atoms with E-state index in [2.05, 4.69) is 5.32 Å². The molecule has 7 heteroatoms. The summed E-state index contributed by atoms with van der Waals surface area (Å²) in [5, 5.41) is 2.80. The molecule has 1 aromatic rings. The van der Waals surface area contributed by atoms with E-state index in [0.29, 0.717) is 25.6 Å². The first-order valence-corrected chi connectivity index (χ1v) is 10.9. The van der Waals surface area contributed by atoms with Gasteiger partial charge in [0.25, 0.3) is 0 Å². The van der Waals surface area contributed by atoms with E-state index in [1.807, 2.05) is 4.90 Å². The molecular weight excluding hydrogens is 352 g/mol. The van der Waals surface area contributed by atoms with Crippen molar-refractivity contribution in [2.75, 3.05) is 18.8 Å². The van der Waals surface area contributed by atoms with Crippen molar-refractivity contribution < 1.29 is 18.0 Å². The van der Waals surface area contributed by atoms with Crippen molar-refractivity contribution >= 4 is 21.7 Å². The quantitative estimate of drug-likeness (QED) is 0.784. The number of nitrogens with one attached hydrogen (secondary N) is 1. The molecule has 0 bridgehead atoms. The second-order valence-electron chi connectivity index (χ2n) is 7.24. The van der Waals surface area contributed by atoms with Crippen LogP contribution in [0.1, 0.15) is 38.5 Å². The summed E-state index contributed by atoms with van der Waals surface area (Å²) in [7, 11) is -3.44. The molecule has 1 unspecified atom stereocenters. The minimum atomic E-state index is -3.44. The number of benzene rings is 1. The van der Waals surface area contributed by atoms with Crippen LogP contribution in [0.3, 0.4) is 0 Å². The third kappa shape index (κ3) is 4.63. The number of nitrogens with zero attached hydrogens (tertiary/aromatic N) is 1. The van der Waals surface area contributed by atoms with Crippen LogP contribution in [0.25, 0.3) is 0 Å². The fraction of sp³-hybridized carbons (Fsp3) is 0.579. The van der Waals surface area contributed by atoms with Gasteiger partial charge in [0.15, 0.2) is 9.84 Å². The average Bonchev–Trinajstić information content (AvgIpc) is 3.28. The maximum absolute atomic E-state index is 12.2. The van der Waals surface area contributed by atoms with Gasteiger partial charge in [-0.25, -0.2) is 8.42 Å². The maximum Gasteiger partial charge on any atom is 0.223 e. The number of hydrogen-bond donors (Lipinski definition) is 1. The van der Waals surface area contributed by atoms with Gasteiger partial charge in [-0.3, -0.25) is 9.59 Å². The summed E-state index contributed by atoms with van der Waals surface area (Å²) in [6.07, 6.45) is 4.95. The van der Waals surface area contributed by atoms with Gasteiger partial charge in [-0.15, -0.1) is 0 Å². The molecule has 1 aliphatic carbocycles. The van der Waals surface area contributed by atoms with Crippen LogP contribution in [0, 0.1) is 5.92 Å². The largest absolute Gasteiger partial charge is 0.356 e. The Morgan fingerprint density at radius 2 is 1.85 bits per heavy atom. The first kappa shape index (κ1) is 18.9. The summed E-state index contributed by atoms with van der Waals surface area (Å²) in [5.41, 5.74) is 0. The Morgan fingerprint density at radius 3 is 2.54 bits per heavy atom. The molecule has 1 aliphatic heterocycles. The second-order valence-corrected chi connectivity index (χ2v) is 9.35. The van der Waals surface area contributed by atoms with E-state index in [4.69, 9.17) is 0 Å². The van der Waals surface area contributed by atoms with E-state index >= 15 is 0 Å². The van der Waals surface area contributed by atoms with Crippen LogP contribution in [-0.2, 0) is 19.4 Å². The first-order chi connectivity index (χ1) is 12.5. The smallest absolute Gasteiger partial charge is 0.223 e. The first-order valence-electron chi connectivity index (χ1n) is 9.29. The normalized spacial score (nSPS) is 21.3. The predicted octanol–water partition coefficient (Wildman–Crippen LogP) is 1.76. The molecule has 2 amide bonds. The summed E-state index contributed by atoms with van der Waals surface area (Å²) < 4.78 is 24.4. The molecule has 1 N–H and O–H groups in total. The average molecular weight is 378 g/mol. The lowest BCUT2D eigenvalue weighted by Crippen LogP contribution is -2.36. The number of likely N-dealkylation sites (tertiary alicyclic amines) is 1. The monoisotopic (exact) mass is 378 g/mol. The molecule has 0 spiro atoms. The zero-order valence-corrected chi connectivity index (χ0v) is 15.7. The summed E-state index contributed by atoms with van der Waals surface area (Å²) in [4.78, 5) is 26.4. The van der Waals surface area contributed by atoms with Gasteiger partial charge in [0, 0.05) is 37.9 Å². The Bertz CT molecular complexity index is 742. The zero-order chi connectivity index (χ0) is 18.6. The highest BCUT2D eigenvalue weighted by Crippen LogP contribution is 2.29. The van der Waals surface area contributed by atoms with Gasteiger partial charge in [0.1, 0.15) is 0 Å². The Balaban J connectivity index is 1.42. The Morgan fingerprint density at radius 1 is 1.15 bits per heavy atom. The molecule has 1 atom stereocenters. The molecule has 0 radical (unpaired) electrons. The number of hydrogen-bond acceptors (Lipinski definition) is 4. The van der Waals surface area contributed by atoms with Crippen molar-refractivity contribution in [1.82, 2.24) is 10.2 Å². The van der Waals surface area contributed by atoms with Crippen LogP contribution in [-0.4, -0.2) is 50.0 Å². The second kappa shape index (κ2) is 8.20. The number of carbonyl (C=O) groups is 2. The standard InChI is InChI=1S/C19H26N2O4S/c22-18(10-11-26(24,25)17-8-2-1-3-9-17)20-13-15-12-19(23)21(14-15)16-6-4-5-7-16/h1-3,8-9,15-16H,4-7,10-14H2,(H,20,22). The highest BCUT2D eigenvalue weighted by molar-refractivity contribution is 7.91. The van der Waals surface area contributed by atoms with Gasteiger partial charge in [-0.2, -0.15) is 0 Å². The molecule has 1 heterocycles. The molecule has 6 nitrogen and oxygen atoms in total. The molecule has 1 aromatic carbocycles. The van der Waals surface area contributed by atoms with Gasteiger partial charge in [-0.1, -0.05) is 31.0 Å². The Labute approximate surface area is 154 Å². The van der Waals surface area contributed by atoms with Crippen molar-refractivity contribution in [2.24, 2.45) is 5.92 Å². The number of amides is 2. The summed E-state index contributed by atoms with van der Waals surface area (Å²) in [6.45, 7) is 1.13. The topological polar surface area (TPSA) is 83.5 Å². The fourth-order valence-electron chi connectivity index (χ4n) is 3.83. The van der Waals surface area contributed by atoms with Gasteiger partial charge < -0.3 is 10.2 Å². The van der Waals surface area contributed by atoms with Gasteiger partial charge in [-0.05, 0) is 25.0 Å². The molecule has 3 rings (SSSR count). The summed E-state index contributed by atoms with van der Waals surface area (Å²) >= 11 is 0. The SMILES string of the molecule is O=C(CCS(=O)(=O)c1ccccc1)NCC1CC(=O)N(C2CCCC2)C1. The van der Waals surface area contributed by atoms with E-state index < -0.39 is 9.84 Å². The molecule has 2 fully saturated rings. The number of carbonyl (C=O) groups excluding carboxylic acids is 2. The van der Waals surface area contributed by atoms with E-state index in [1.54, 1.807) is 18.2 Å². The van der Waals surface area contributed by atoms with Crippen molar-refractivity contribution in [2.45, 2.75) is 49.5 Å².